The van der Waals surface area contributed by atoms with E-state index in [4.69, 9.17) is 14.2 Å². The first-order valence-electron chi connectivity index (χ1n) is 6.76. The fourth-order valence-electron chi connectivity index (χ4n) is 1.88. The highest BCUT2D eigenvalue weighted by Gasteiger charge is 2.48. The minimum absolute atomic E-state index is 0.438. The largest absolute Gasteiger partial charge is 0.453 e. The SMILES string of the molecule is CC#CC#C/C=C1\C=C[C@]2(OC=C[C@@H]2OC(=O)C=C(C)C)O1. The Bertz CT molecular complexity index is 697. The molecule has 2 rings (SSSR count). The van der Waals surface area contributed by atoms with Crippen molar-refractivity contribution < 1.29 is 19.0 Å². The van der Waals surface area contributed by atoms with Gasteiger partial charge in [-0.05, 0) is 44.8 Å². The van der Waals surface area contributed by atoms with Crippen molar-refractivity contribution >= 4 is 5.97 Å². The average Bonchev–Trinajstić information content (AvgIpc) is 3.03. The molecule has 4 heteroatoms. The molecular weight excluding hydrogens is 280 g/mol. The van der Waals surface area contributed by atoms with Gasteiger partial charge in [0.05, 0.1) is 6.26 Å². The van der Waals surface area contributed by atoms with E-state index in [2.05, 4.69) is 23.7 Å². The molecule has 0 amide bonds. The van der Waals surface area contributed by atoms with Gasteiger partial charge in [0.2, 0.25) is 6.10 Å². The molecule has 22 heavy (non-hydrogen) atoms. The van der Waals surface area contributed by atoms with Crippen molar-refractivity contribution in [3.05, 3.63) is 48.0 Å². The molecule has 1 spiro atoms. The van der Waals surface area contributed by atoms with Crippen molar-refractivity contribution in [1.82, 2.24) is 0 Å². The van der Waals surface area contributed by atoms with E-state index in [1.54, 1.807) is 31.2 Å². The van der Waals surface area contributed by atoms with Crippen LogP contribution in [0.4, 0.5) is 0 Å². The smallest absolute Gasteiger partial charge is 0.331 e. The number of carbonyl (C=O) groups is 1. The Kier molecular flexibility index (Phi) is 4.76. The zero-order valence-corrected chi connectivity index (χ0v) is 12.7. The summed E-state index contributed by atoms with van der Waals surface area (Å²) in [5.74, 6) is 9.67. The average molecular weight is 296 g/mol. The number of hydrogen-bond acceptors (Lipinski definition) is 4. The monoisotopic (exact) mass is 296 g/mol. The van der Waals surface area contributed by atoms with E-state index in [1.807, 2.05) is 13.8 Å². The number of esters is 1. The summed E-state index contributed by atoms with van der Waals surface area (Å²) < 4.78 is 16.6. The maximum Gasteiger partial charge on any atom is 0.331 e. The Labute approximate surface area is 130 Å². The standard InChI is InChI=1S/C18H16O4/c1-4-5-6-7-8-15-9-11-18(22-15)16(10-12-20-18)21-17(19)13-14(2)3/h8-13,16H,1-3H3/b15-8+/t16-,18-/m0/s1. The molecule has 0 aromatic heterocycles. The molecule has 0 bridgehead atoms. The van der Waals surface area contributed by atoms with Gasteiger partial charge in [-0.2, -0.15) is 0 Å². The Morgan fingerprint density at radius 1 is 1.41 bits per heavy atom. The molecule has 4 nitrogen and oxygen atoms in total. The van der Waals surface area contributed by atoms with Crippen LogP contribution in [0.3, 0.4) is 0 Å². The maximum atomic E-state index is 11.8. The summed E-state index contributed by atoms with van der Waals surface area (Å²) in [6.45, 7) is 5.36. The molecule has 0 N–H and O–H groups in total. The Hall–Kier alpha value is -2.85. The van der Waals surface area contributed by atoms with Crippen LogP contribution < -0.4 is 0 Å². The van der Waals surface area contributed by atoms with Gasteiger partial charge in [-0.15, -0.1) is 0 Å². The number of hydrogen-bond donors (Lipinski definition) is 0. The first kappa shape index (κ1) is 15.5. The summed E-state index contributed by atoms with van der Waals surface area (Å²) in [6, 6.07) is 0. The second kappa shape index (κ2) is 6.74. The third-order valence-corrected chi connectivity index (χ3v) is 2.78. The summed E-state index contributed by atoms with van der Waals surface area (Å²) in [4.78, 5) is 11.8. The van der Waals surface area contributed by atoms with E-state index in [-0.39, 0.29) is 0 Å². The van der Waals surface area contributed by atoms with Gasteiger partial charge in [0.1, 0.15) is 5.76 Å². The second-order valence-electron chi connectivity index (χ2n) is 4.87. The van der Waals surface area contributed by atoms with Gasteiger partial charge < -0.3 is 14.2 Å². The van der Waals surface area contributed by atoms with E-state index >= 15 is 0 Å². The van der Waals surface area contributed by atoms with Gasteiger partial charge in [0.25, 0.3) is 0 Å². The molecule has 0 radical (unpaired) electrons. The van der Waals surface area contributed by atoms with Crippen LogP contribution in [-0.2, 0) is 19.0 Å². The Morgan fingerprint density at radius 3 is 2.95 bits per heavy atom. The fraction of sp³-hybridized carbons (Fsp3) is 0.278. The van der Waals surface area contributed by atoms with Gasteiger partial charge in [0.15, 0.2) is 0 Å². The number of allylic oxidation sites excluding steroid dienone is 3. The predicted molar refractivity (Wildman–Crippen MR) is 81.8 cm³/mol. The lowest BCUT2D eigenvalue weighted by molar-refractivity contribution is -0.187. The molecule has 0 saturated heterocycles. The number of rotatable bonds is 2. The molecular formula is C18H16O4. The topological polar surface area (TPSA) is 44.8 Å². The van der Waals surface area contributed by atoms with E-state index in [0.29, 0.717) is 5.76 Å². The summed E-state index contributed by atoms with van der Waals surface area (Å²) in [6.07, 6.45) is 8.88. The van der Waals surface area contributed by atoms with Gasteiger partial charge in [-0.25, -0.2) is 4.79 Å². The van der Waals surface area contributed by atoms with E-state index in [0.717, 1.165) is 5.57 Å². The quantitative estimate of drug-likeness (QED) is 0.446. The lowest BCUT2D eigenvalue weighted by atomic mass is 10.1. The zero-order valence-electron chi connectivity index (χ0n) is 12.7. The van der Waals surface area contributed by atoms with Crippen LogP contribution in [0.5, 0.6) is 0 Å². The first-order valence-corrected chi connectivity index (χ1v) is 6.76. The lowest BCUT2D eigenvalue weighted by Crippen LogP contribution is -2.40. The molecule has 0 fully saturated rings. The van der Waals surface area contributed by atoms with Crippen LogP contribution in [0.25, 0.3) is 0 Å². The summed E-state index contributed by atoms with van der Waals surface area (Å²) in [5.41, 5.74) is 0.859. The van der Waals surface area contributed by atoms with Crippen molar-refractivity contribution in [1.29, 1.82) is 0 Å². The Morgan fingerprint density at radius 2 is 2.23 bits per heavy atom. The molecule has 2 atom stereocenters. The first-order chi connectivity index (χ1) is 10.6. The summed E-state index contributed by atoms with van der Waals surface area (Å²) in [7, 11) is 0. The van der Waals surface area contributed by atoms with Crippen molar-refractivity contribution in [2.24, 2.45) is 0 Å². The number of carbonyl (C=O) groups excluding carboxylic acids is 1. The van der Waals surface area contributed by atoms with Crippen molar-refractivity contribution in [3.8, 4) is 23.7 Å². The third kappa shape index (κ3) is 3.62. The molecule has 0 aromatic rings. The highest BCUT2D eigenvalue weighted by atomic mass is 16.7. The Balaban J connectivity index is 2.07. The van der Waals surface area contributed by atoms with Crippen molar-refractivity contribution in [3.63, 3.8) is 0 Å². The zero-order chi connectivity index (χ0) is 16.0. The van der Waals surface area contributed by atoms with E-state index in [1.165, 1.54) is 12.3 Å². The van der Waals surface area contributed by atoms with Crippen LogP contribution in [0.2, 0.25) is 0 Å². The highest BCUT2D eigenvalue weighted by molar-refractivity contribution is 5.83. The molecule has 0 aromatic carbocycles. The molecule has 0 aliphatic carbocycles. The van der Waals surface area contributed by atoms with Crippen LogP contribution >= 0.6 is 0 Å². The van der Waals surface area contributed by atoms with E-state index < -0.39 is 17.9 Å². The minimum Gasteiger partial charge on any atom is -0.453 e. The van der Waals surface area contributed by atoms with Gasteiger partial charge in [-0.1, -0.05) is 17.4 Å². The van der Waals surface area contributed by atoms with Crippen LogP contribution in [0.1, 0.15) is 20.8 Å². The molecule has 2 heterocycles. The second-order valence-corrected chi connectivity index (χ2v) is 4.87. The third-order valence-electron chi connectivity index (χ3n) is 2.78. The van der Waals surface area contributed by atoms with Gasteiger partial charge in [0, 0.05) is 18.2 Å². The van der Waals surface area contributed by atoms with Crippen molar-refractivity contribution in [2.75, 3.05) is 0 Å². The predicted octanol–water partition coefficient (Wildman–Crippen LogP) is 2.60. The molecule has 112 valence electrons. The summed E-state index contributed by atoms with van der Waals surface area (Å²) >= 11 is 0. The highest BCUT2D eigenvalue weighted by Crippen LogP contribution is 2.36. The molecule has 2 aliphatic heterocycles. The summed E-state index contributed by atoms with van der Waals surface area (Å²) in [5, 5.41) is 0. The van der Waals surface area contributed by atoms with Gasteiger partial charge >= 0.3 is 11.8 Å². The minimum atomic E-state index is -1.14. The fourth-order valence-corrected chi connectivity index (χ4v) is 1.88. The normalized spacial score (nSPS) is 25.6. The van der Waals surface area contributed by atoms with Crippen LogP contribution in [-0.4, -0.2) is 17.9 Å². The maximum absolute atomic E-state index is 11.8. The van der Waals surface area contributed by atoms with Crippen LogP contribution in [0, 0.1) is 23.7 Å². The molecule has 0 saturated carbocycles. The number of ether oxygens (including phenoxy) is 3. The van der Waals surface area contributed by atoms with Gasteiger partial charge in [-0.3, -0.25) is 0 Å². The molecule has 2 aliphatic rings. The van der Waals surface area contributed by atoms with Crippen molar-refractivity contribution in [2.45, 2.75) is 32.7 Å². The van der Waals surface area contributed by atoms with E-state index in [9.17, 15) is 4.79 Å². The molecule has 0 unspecified atom stereocenters. The van der Waals surface area contributed by atoms with Crippen LogP contribution in [0.15, 0.2) is 48.0 Å². The lowest BCUT2D eigenvalue weighted by Gasteiger charge is -2.27.